The van der Waals surface area contributed by atoms with Crippen molar-refractivity contribution in [2.75, 3.05) is 0 Å². The molecule has 1 fully saturated rings. The third-order valence-corrected chi connectivity index (χ3v) is 5.24. The Hall–Kier alpha value is -1.56. The molecule has 1 aliphatic carbocycles. The van der Waals surface area contributed by atoms with Crippen molar-refractivity contribution in [1.29, 1.82) is 0 Å². The summed E-state index contributed by atoms with van der Waals surface area (Å²) in [5.74, 6) is -2.41. The largest absolute Gasteiger partial charge is 0.462 e. The first-order valence-corrected chi connectivity index (χ1v) is 9.25. The van der Waals surface area contributed by atoms with Gasteiger partial charge in [-0.3, -0.25) is 4.79 Å². The molecule has 0 aliphatic heterocycles. The Morgan fingerprint density at radius 2 is 1.85 bits per heavy atom. The van der Waals surface area contributed by atoms with Crippen LogP contribution in [0.3, 0.4) is 0 Å². The number of nitrogens with two attached hydrogens (primary N) is 1. The van der Waals surface area contributed by atoms with E-state index in [2.05, 4.69) is 20.8 Å². The van der Waals surface area contributed by atoms with E-state index in [0.717, 1.165) is 25.3 Å². The normalized spacial score (nSPS) is 24.5. The number of esters is 1. The first-order valence-electron chi connectivity index (χ1n) is 9.25. The lowest BCUT2D eigenvalue weighted by Gasteiger charge is -2.36. The molecule has 1 aliphatic rings. The summed E-state index contributed by atoms with van der Waals surface area (Å²) >= 11 is 0. The molecular weight excluding hydrogens is 343 g/mol. The highest BCUT2D eigenvalue weighted by Gasteiger charge is 2.33. The van der Waals surface area contributed by atoms with E-state index in [1.807, 2.05) is 0 Å². The molecule has 146 valence electrons. The van der Waals surface area contributed by atoms with Crippen LogP contribution >= 0.6 is 0 Å². The summed E-state index contributed by atoms with van der Waals surface area (Å²) in [6.45, 7) is 6.40. The van der Waals surface area contributed by atoms with Crippen LogP contribution in [0.15, 0.2) is 12.1 Å². The molecule has 1 saturated carbocycles. The average molecular weight is 371 g/mol. The number of carbonyl (C=O) groups is 1. The second-order valence-corrected chi connectivity index (χ2v) is 7.88. The summed E-state index contributed by atoms with van der Waals surface area (Å²) < 4.78 is 45.6. The molecule has 0 amide bonds. The topological polar surface area (TPSA) is 52.3 Å². The van der Waals surface area contributed by atoms with Crippen molar-refractivity contribution in [3.05, 3.63) is 35.1 Å². The predicted octanol–water partition coefficient (Wildman–Crippen LogP) is 4.37. The lowest BCUT2D eigenvalue weighted by atomic mass is 9.75. The van der Waals surface area contributed by atoms with Crippen LogP contribution in [-0.4, -0.2) is 18.1 Å². The van der Waals surface area contributed by atoms with Crippen LogP contribution < -0.4 is 5.73 Å². The highest BCUT2D eigenvalue weighted by atomic mass is 19.2. The van der Waals surface area contributed by atoms with E-state index < -0.39 is 29.5 Å². The van der Waals surface area contributed by atoms with Gasteiger partial charge in [-0.05, 0) is 48.6 Å². The molecular formula is C20H28F3NO2. The monoisotopic (exact) mass is 371 g/mol. The smallest absolute Gasteiger partial charge is 0.307 e. The molecule has 3 nitrogen and oxygen atoms in total. The van der Waals surface area contributed by atoms with E-state index in [9.17, 15) is 18.0 Å². The number of benzene rings is 1. The highest BCUT2D eigenvalue weighted by Crippen LogP contribution is 2.35. The van der Waals surface area contributed by atoms with Crippen molar-refractivity contribution in [3.63, 3.8) is 0 Å². The molecule has 0 aromatic heterocycles. The molecule has 0 heterocycles. The molecule has 4 unspecified atom stereocenters. The molecule has 0 saturated heterocycles. The minimum absolute atomic E-state index is 0.0458. The van der Waals surface area contributed by atoms with Crippen LogP contribution in [0.4, 0.5) is 13.2 Å². The van der Waals surface area contributed by atoms with Gasteiger partial charge in [-0.1, -0.05) is 27.2 Å². The van der Waals surface area contributed by atoms with E-state index in [-0.39, 0.29) is 24.5 Å². The Bertz CT molecular complexity index is 636. The molecule has 6 heteroatoms. The number of carbonyl (C=O) groups excluding carboxylic acids is 1. The van der Waals surface area contributed by atoms with E-state index in [1.165, 1.54) is 0 Å². The summed E-state index contributed by atoms with van der Waals surface area (Å²) in [5, 5.41) is 0. The Kier molecular flexibility index (Phi) is 7.09. The Morgan fingerprint density at radius 1 is 1.19 bits per heavy atom. The zero-order valence-corrected chi connectivity index (χ0v) is 15.6. The van der Waals surface area contributed by atoms with Gasteiger partial charge in [-0.25, -0.2) is 13.2 Å². The number of hydrogen-bond acceptors (Lipinski definition) is 3. The van der Waals surface area contributed by atoms with Gasteiger partial charge in [-0.15, -0.1) is 0 Å². The Balaban J connectivity index is 1.93. The molecule has 2 rings (SSSR count). The standard InChI is InChI=1S/C20H28F3NO2/c1-11(2)15-5-4-12(3)6-19(15)26-20(25)9-14(24)7-13-8-17(22)18(23)10-16(13)21/h8,10-12,14-15,19H,4-7,9,24H2,1-3H3. The van der Waals surface area contributed by atoms with Crippen molar-refractivity contribution in [3.8, 4) is 0 Å². The summed E-state index contributed by atoms with van der Waals surface area (Å²) in [6.07, 6.45) is 2.72. The zero-order valence-electron chi connectivity index (χ0n) is 15.6. The molecule has 1 aromatic carbocycles. The number of hydrogen-bond donors (Lipinski definition) is 1. The first-order chi connectivity index (χ1) is 12.2. The third kappa shape index (κ3) is 5.47. The summed E-state index contributed by atoms with van der Waals surface area (Å²) in [7, 11) is 0. The van der Waals surface area contributed by atoms with E-state index in [1.54, 1.807) is 0 Å². The van der Waals surface area contributed by atoms with Crippen LogP contribution in [0.5, 0.6) is 0 Å². The van der Waals surface area contributed by atoms with E-state index in [0.29, 0.717) is 23.8 Å². The van der Waals surface area contributed by atoms with Crippen molar-refractivity contribution >= 4 is 5.97 Å². The van der Waals surface area contributed by atoms with Gasteiger partial charge in [0, 0.05) is 12.1 Å². The van der Waals surface area contributed by atoms with Gasteiger partial charge in [0.05, 0.1) is 6.42 Å². The second-order valence-electron chi connectivity index (χ2n) is 7.88. The fraction of sp³-hybridized carbons (Fsp3) is 0.650. The van der Waals surface area contributed by atoms with E-state index in [4.69, 9.17) is 10.5 Å². The quantitative estimate of drug-likeness (QED) is 0.597. The van der Waals surface area contributed by atoms with E-state index >= 15 is 0 Å². The molecule has 4 atom stereocenters. The molecule has 1 aromatic rings. The predicted molar refractivity (Wildman–Crippen MR) is 93.8 cm³/mol. The van der Waals surface area contributed by atoms with Crippen molar-refractivity contribution < 1.29 is 22.7 Å². The second kappa shape index (κ2) is 8.89. The lowest BCUT2D eigenvalue weighted by molar-refractivity contribution is -0.156. The maximum Gasteiger partial charge on any atom is 0.307 e. The van der Waals surface area contributed by atoms with Crippen LogP contribution in [-0.2, 0) is 16.0 Å². The van der Waals surface area contributed by atoms with Gasteiger partial charge in [-0.2, -0.15) is 0 Å². The molecule has 0 spiro atoms. The van der Waals surface area contributed by atoms with Gasteiger partial charge >= 0.3 is 5.97 Å². The van der Waals surface area contributed by atoms with Crippen LogP contribution in [0.25, 0.3) is 0 Å². The molecule has 0 radical (unpaired) electrons. The number of halogens is 3. The summed E-state index contributed by atoms with van der Waals surface area (Å²) in [6, 6.07) is 0.556. The van der Waals surface area contributed by atoms with Gasteiger partial charge in [0.2, 0.25) is 0 Å². The lowest BCUT2D eigenvalue weighted by Crippen LogP contribution is -2.37. The fourth-order valence-corrected chi connectivity index (χ4v) is 3.76. The number of ether oxygens (including phenoxy) is 1. The maximum atomic E-state index is 13.7. The summed E-state index contributed by atoms with van der Waals surface area (Å²) in [5.41, 5.74) is 5.86. The van der Waals surface area contributed by atoms with Gasteiger partial charge < -0.3 is 10.5 Å². The van der Waals surface area contributed by atoms with Gasteiger partial charge in [0.15, 0.2) is 11.6 Å². The molecule has 2 N–H and O–H groups in total. The number of rotatable bonds is 6. The minimum Gasteiger partial charge on any atom is -0.462 e. The van der Waals surface area contributed by atoms with Gasteiger partial charge in [0.1, 0.15) is 11.9 Å². The van der Waals surface area contributed by atoms with Crippen molar-refractivity contribution in [2.24, 2.45) is 23.5 Å². The van der Waals surface area contributed by atoms with Crippen LogP contribution in [0.2, 0.25) is 0 Å². The Labute approximate surface area is 153 Å². The fourth-order valence-electron chi connectivity index (χ4n) is 3.76. The SMILES string of the molecule is CC1CCC(C(C)C)C(OC(=O)CC(N)Cc2cc(F)c(F)cc2F)C1. The molecule has 0 bridgehead atoms. The van der Waals surface area contributed by atoms with Crippen LogP contribution in [0.1, 0.15) is 52.0 Å². The third-order valence-electron chi connectivity index (χ3n) is 5.24. The van der Waals surface area contributed by atoms with Gasteiger partial charge in [0.25, 0.3) is 0 Å². The zero-order chi connectivity index (χ0) is 19.4. The average Bonchev–Trinajstić information content (AvgIpc) is 2.52. The Morgan fingerprint density at radius 3 is 2.50 bits per heavy atom. The van der Waals surface area contributed by atoms with Crippen LogP contribution in [0, 0.1) is 35.2 Å². The summed E-state index contributed by atoms with van der Waals surface area (Å²) in [4.78, 5) is 12.3. The highest BCUT2D eigenvalue weighted by molar-refractivity contribution is 5.70. The maximum absolute atomic E-state index is 13.7. The minimum atomic E-state index is -1.25. The van der Waals surface area contributed by atoms with Crippen molar-refractivity contribution in [1.82, 2.24) is 0 Å². The van der Waals surface area contributed by atoms with Crippen molar-refractivity contribution in [2.45, 2.75) is 65.0 Å². The molecule has 26 heavy (non-hydrogen) atoms. The first kappa shape index (κ1) is 20.7.